The SMILES string of the molecule is COCc1nc2n(n1)CC(NS(=O)(=O)c1cc(F)c(C)cc1F)CC2. The summed E-state index contributed by atoms with van der Waals surface area (Å²) in [5.41, 5.74) is 0.0482. The number of nitrogens with zero attached hydrogens (tertiary/aromatic N) is 3. The molecule has 0 saturated heterocycles. The number of ether oxygens (including phenoxy) is 1. The first kappa shape index (κ1) is 17.9. The van der Waals surface area contributed by atoms with E-state index in [0.717, 1.165) is 11.9 Å². The summed E-state index contributed by atoms with van der Waals surface area (Å²) in [6, 6.07) is 1.09. The van der Waals surface area contributed by atoms with Crippen molar-refractivity contribution in [2.75, 3.05) is 7.11 Å². The van der Waals surface area contributed by atoms with Gasteiger partial charge < -0.3 is 4.74 Å². The van der Waals surface area contributed by atoms with Gasteiger partial charge in [-0.1, -0.05) is 0 Å². The van der Waals surface area contributed by atoms with Crippen LogP contribution in [0.1, 0.15) is 23.6 Å². The van der Waals surface area contributed by atoms with Crippen LogP contribution in [0.5, 0.6) is 0 Å². The average molecular weight is 372 g/mol. The quantitative estimate of drug-likeness (QED) is 0.855. The molecule has 1 aliphatic heterocycles. The van der Waals surface area contributed by atoms with E-state index in [9.17, 15) is 17.2 Å². The van der Waals surface area contributed by atoms with Crippen molar-refractivity contribution in [1.82, 2.24) is 19.5 Å². The topological polar surface area (TPSA) is 86.1 Å². The van der Waals surface area contributed by atoms with Crippen LogP contribution in [0, 0.1) is 18.6 Å². The summed E-state index contributed by atoms with van der Waals surface area (Å²) in [7, 11) is -2.65. The van der Waals surface area contributed by atoms with Gasteiger partial charge in [-0.05, 0) is 31.0 Å². The monoisotopic (exact) mass is 372 g/mol. The largest absolute Gasteiger partial charge is 0.377 e. The van der Waals surface area contributed by atoms with E-state index in [2.05, 4.69) is 14.8 Å². The number of nitrogens with one attached hydrogen (secondary N) is 1. The minimum Gasteiger partial charge on any atom is -0.377 e. The number of fused-ring (bicyclic) bond motifs is 1. The number of benzene rings is 1. The van der Waals surface area contributed by atoms with E-state index in [1.165, 1.54) is 14.0 Å². The van der Waals surface area contributed by atoms with Crippen molar-refractivity contribution in [2.45, 2.75) is 43.9 Å². The van der Waals surface area contributed by atoms with Gasteiger partial charge in [0.05, 0.1) is 6.54 Å². The van der Waals surface area contributed by atoms with Gasteiger partial charge in [0, 0.05) is 19.6 Å². The molecule has 0 radical (unpaired) electrons. The molecule has 2 heterocycles. The molecular weight excluding hydrogens is 354 g/mol. The van der Waals surface area contributed by atoms with Crippen LogP contribution in [0.3, 0.4) is 0 Å². The molecule has 1 unspecified atom stereocenters. The third kappa shape index (κ3) is 3.70. The first-order valence-electron chi connectivity index (χ1n) is 7.69. The predicted molar refractivity (Wildman–Crippen MR) is 84.3 cm³/mol. The van der Waals surface area contributed by atoms with Crippen LogP contribution in [-0.2, 0) is 34.3 Å². The van der Waals surface area contributed by atoms with E-state index in [0.29, 0.717) is 24.7 Å². The summed E-state index contributed by atoms with van der Waals surface area (Å²) in [6.45, 7) is 1.90. The molecule has 0 bridgehead atoms. The molecule has 1 aromatic heterocycles. The van der Waals surface area contributed by atoms with Crippen LogP contribution in [0.15, 0.2) is 17.0 Å². The van der Waals surface area contributed by atoms with Crippen LogP contribution in [0.4, 0.5) is 8.78 Å². The average Bonchev–Trinajstić information content (AvgIpc) is 2.92. The number of aromatic nitrogens is 3. The summed E-state index contributed by atoms with van der Waals surface area (Å²) in [6.07, 6.45) is 1.01. The Morgan fingerprint density at radius 1 is 1.36 bits per heavy atom. The molecule has 1 atom stereocenters. The maximum absolute atomic E-state index is 14.0. The second-order valence-corrected chi connectivity index (χ2v) is 7.63. The van der Waals surface area contributed by atoms with Gasteiger partial charge in [0.15, 0.2) is 5.82 Å². The number of hydrogen-bond donors (Lipinski definition) is 1. The molecule has 0 amide bonds. The van der Waals surface area contributed by atoms with Crippen LogP contribution in [0.2, 0.25) is 0 Å². The van der Waals surface area contributed by atoms with Crippen molar-refractivity contribution in [3.8, 4) is 0 Å². The first-order valence-corrected chi connectivity index (χ1v) is 9.18. The maximum atomic E-state index is 14.0. The molecule has 0 fully saturated rings. The summed E-state index contributed by atoms with van der Waals surface area (Å²) in [4.78, 5) is 3.61. The number of rotatable bonds is 5. The number of aryl methyl sites for hydroxylation is 2. The lowest BCUT2D eigenvalue weighted by atomic mass is 10.1. The van der Waals surface area contributed by atoms with Crippen molar-refractivity contribution < 1.29 is 21.9 Å². The summed E-state index contributed by atoms with van der Waals surface area (Å²) < 4.78 is 61.5. The summed E-state index contributed by atoms with van der Waals surface area (Å²) >= 11 is 0. The van der Waals surface area contributed by atoms with Crippen LogP contribution in [-0.4, -0.2) is 36.3 Å². The molecule has 0 spiro atoms. The maximum Gasteiger partial charge on any atom is 0.243 e. The number of methoxy groups -OCH3 is 1. The second-order valence-electron chi connectivity index (χ2n) is 5.95. The number of hydrogen-bond acceptors (Lipinski definition) is 5. The van der Waals surface area contributed by atoms with Crippen LogP contribution >= 0.6 is 0 Å². The van der Waals surface area contributed by atoms with Crippen molar-refractivity contribution >= 4 is 10.0 Å². The van der Waals surface area contributed by atoms with Crippen molar-refractivity contribution in [3.05, 3.63) is 41.0 Å². The smallest absolute Gasteiger partial charge is 0.243 e. The van der Waals surface area contributed by atoms with Crippen molar-refractivity contribution in [3.63, 3.8) is 0 Å². The number of sulfonamides is 1. The van der Waals surface area contributed by atoms with Gasteiger partial charge in [-0.3, -0.25) is 0 Å². The molecule has 0 saturated carbocycles. The van der Waals surface area contributed by atoms with Gasteiger partial charge in [-0.25, -0.2) is 31.6 Å². The summed E-state index contributed by atoms with van der Waals surface area (Å²) in [5, 5.41) is 4.25. The van der Waals surface area contributed by atoms with Gasteiger partial charge in [0.2, 0.25) is 10.0 Å². The van der Waals surface area contributed by atoms with Gasteiger partial charge in [0.25, 0.3) is 0 Å². The van der Waals surface area contributed by atoms with Crippen LogP contribution in [0.25, 0.3) is 0 Å². The minimum absolute atomic E-state index is 0.0482. The fourth-order valence-electron chi connectivity index (χ4n) is 2.76. The van der Waals surface area contributed by atoms with Gasteiger partial charge >= 0.3 is 0 Å². The lowest BCUT2D eigenvalue weighted by Crippen LogP contribution is -2.41. The second kappa shape index (κ2) is 6.77. The lowest BCUT2D eigenvalue weighted by Gasteiger charge is -2.23. The Morgan fingerprint density at radius 3 is 2.84 bits per heavy atom. The van der Waals surface area contributed by atoms with E-state index >= 15 is 0 Å². The van der Waals surface area contributed by atoms with Crippen LogP contribution < -0.4 is 4.72 Å². The summed E-state index contributed by atoms with van der Waals surface area (Å²) in [5.74, 6) is -0.484. The highest BCUT2D eigenvalue weighted by molar-refractivity contribution is 7.89. The van der Waals surface area contributed by atoms with E-state index in [4.69, 9.17) is 4.74 Å². The highest BCUT2D eigenvalue weighted by Crippen LogP contribution is 2.21. The third-order valence-corrected chi connectivity index (χ3v) is 5.54. The zero-order valence-corrected chi connectivity index (χ0v) is 14.6. The van der Waals surface area contributed by atoms with E-state index in [-0.39, 0.29) is 18.7 Å². The molecule has 0 aliphatic carbocycles. The molecule has 1 aromatic carbocycles. The zero-order chi connectivity index (χ0) is 18.2. The molecular formula is C15H18F2N4O3S. The molecule has 1 N–H and O–H groups in total. The fraction of sp³-hybridized carbons (Fsp3) is 0.467. The van der Waals surface area contributed by atoms with Gasteiger partial charge in [-0.15, -0.1) is 0 Å². The highest BCUT2D eigenvalue weighted by atomic mass is 32.2. The Hall–Kier alpha value is -1.91. The van der Waals surface area contributed by atoms with E-state index < -0.39 is 32.6 Å². The fourth-order valence-corrected chi connectivity index (χ4v) is 4.10. The number of halogens is 2. The third-order valence-electron chi connectivity index (χ3n) is 4.00. The molecule has 25 heavy (non-hydrogen) atoms. The van der Waals surface area contributed by atoms with Crippen molar-refractivity contribution in [2.24, 2.45) is 0 Å². The molecule has 136 valence electrons. The molecule has 7 nitrogen and oxygen atoms in total. The Labute approximate surface area is 144 Å². The molecule has 10 heteroatoms. The normalized spacial score (nSPS) is 17.5. The van der Waals surface area contributed by atoms with Crippen molar-refractivity contribution in [1.29, 1.82) is 0 Å². The Balaban J connectivity index is 1.79. The van der Waals surface area contributed by atoms with Gasteiger partial charge in [0.1, 0.15) is 29.0 Å². The highest BCUT2D eigenvalue weighted by Gasteiger charge is 2.28. The van der Waals surface area contributed by atoms with E-state index in [1.54, 1.807) is 4.68 Å². The minimum atomic E-state index is -4.19. The Kier molecular flexibility index (Phi) is 4.85. The standard InChI is InChI=1S/C15H18F2N4O3S/c1-9-5-12(17)13(6-11(9)16)25(22,23)20-10-3-4-15-18-14(8-24-2)19-21(15)7-10/h5-6,10,20H,3-4,7-8H2,1-2H3. The van der Waals surface area contributed by atoms with Gasteiger partial charge in [-0.2, -0.15) is 5.10 Å². The lowest BCUT2D eigenvalue weighted by molar-refractivity contribution is 0.177. The molecule has 3 rings (SSSR count). The molecule has 2 aromatic rings. The first-order chi connectivity index (χ1) is 11.8. The predicted octanol–water partition coefficient (Wildman–Crippen LogP) is 1.30. The Morgan fingerprint density at radius 2 is 2.12 bits per heavy atom. The molecule has 1 aliphatic rings. The Bertz CT molecular complexity index is 898. The van der Waals surface area contributed by atoms with E-state index in [1.807, 2.05) is 0 Å². The zero-order valence-electron chi connectivity index (χ0n) is 13.8.